The molecule has 0 heterocycles. The number of carbonyl (C=O) groups excluding carboxylic acids is 2. The summed E-state index contributed by atoms with van der Waals surface area (Å²) in [5.74, 6) is -1.07. The molecular formula is C21H23N3O3. The van der Waals surface area contributed by atoms with E-state index in [2.05, 4.69) is 24.1 Å². The molecule has 0 spiro atoms. The van der Waals surface area contributed by atoms with Crippen LogP contribution in [0, 0.1) is 11.3 Å². The maximum atomic E-state index is 12.3. The molecule has 1 N–H and O–H groups in total. The van der Waals surface area contributed by atoms with E-state index in [1.165, 1.54) is 6.92 Å². The molecule has 0 aliphatic rings. The minimum atomic E-state index is -0.994. The third-order valence-electron chi connectivity index (χ3n) is 4.19. The first kappa shape index (κ1) is 20.0. The minimum absolute atomic E-state index is 0.344. The van der Waals surface area contributed by atoms with Crippen LogP contribution in [0.5, 0.6) is 0 Å². The van der Waals surface area contributed by atoms with Gasteiger partial charge in [0.2, 0.25) is 0 Å². The van der Waals surface area contributed by atoms with Gasteiger partial charge >= 0.3 is 5.97 Å². The minimum Gasteiger partial charge on any atom is -0.449 e. The fourth-order valence-electron chi connectivity index (χ4n) is 2.60. The first-order valence-electron chi connectivity index (χ1n) is 8.86. The Kier molecular flexibility index (Phi) is 6.95. The largest absolute Gasteiger partial charge is 0.449 e. The molecule has 1 amide bonds. The SMILES string of the molecule is CCN(CC)c1ccc(C(=O)O[C@@H](C)C(=O)Nc2ccccc2C#N)cc1. The van der Waals surface area contributed by atoms with Crippen molar-refractivity contribution in [1.82, 2.24) is 0 Å². The molecule has 0 aromatic heterocycles. The Balaban J connectivity index is 2.00. The Morgan fingerprint density at radius 3 is 2.33 bits per heavy atom. The summed E-state index contributed by atoms with van der Waals surface area (Å²) < 4.78 is 5.25. The van der Waals surface area contributed by atoms with Gasteiger partial charge in [-0.25, -0.2) is 4.79 Å². The van der Waals surface area contributed by atoms with Crippen LogP contribution in [0.2, 0.25) is 0 Å². The summed E-state index contributed by atoms with van der Waals surface area (Å²) in [5.41, 5.74) is 2.13. The molecule has 0 unspecified atom stereocenters. The van der Waals surface area contributed by atoms with Gasteiger partial charge in [-0.3, -0.25) is 4.79 Å². The molecule has 0 aliphatic heterocycles. The Labute approximate surface area is 159 Å². The number of rotatable bonds is 7. The molecule has 27 heavy (non-hydrogen) atoms. The number of para-hydroxylation sites is 1. The average molecular weight is 365 g/mol. The number of hydrogen-bond donors (Lipinski definition) is 1. The van der Waals surface area contributed by atoms with Crippen LogP contribution in [-0.4, -0.2) is 31.1 Å². The van der Waals surface area contributed by atoms with Crippen LogP contribution in [0.3, 0.4) is 0 Å². The third-order valence-corrected chi connectivity index (χ3v) is 4.19. The van der Waals surface area contributed by atoms with Crippen molar-refractivity contribution in [2.24, 2.45) is 0 Å². The van der Waals surface area contributed by atoms with Crippen LogP contribution in [0.25, 0.3) is 0 Å². The van der Waals surface area contributed by atoms with E-state index in [4.69, 9.17) is 10.00 Å². The van der Waals surface area contributed by atoms with Gasteiger partial charge in [0, 0.05) is 18.8 Å². The molecule has 0 aliphatic carbocycles. The lowest BCUT2D eigenvalue weighted by Crippen LogP contribution is -2.30. The zero-order valence-electron chi connectivity index (χ0n) is 15.7. The second-order valence-corrected chi connectivity index (χ2v) is 5.91. The number of carbonyl (C=O) groups is 2. The lowest BCUT2D eigenvalue weighted by atomic mass is 10.2. The van der Waals surface area contributed by atoms with Crippen molar-refractivity contribution in [2.45, 2.75) is 26.9 Å². The highest BCUT2D eigenvalue weighted by atomic mass is 16.5. The predicted octanol–water partition coefficient (Wildman–Crippen LogP) is 3.59. The van der Waals surface area contributed by atoms with Crippen molar-refractivity contribution in [3.63, 3.8) is 0 Å². The molecule has 140 valence electrons. The maximum Gasteiger partial charge on any atom is 0.338 e. The number of benzene rings is 2. The molecular weight excluding hydrogens is 342 g/mol. The molecule has 6 nitrogen and oxygen atoms in total. The number of nitrogens with one attached hydrogen (secondary N) is 1. The third kappa shape index (κ3) is 5.08. The van der Waals surface area contributed by atoms with Crippen molar-refractivity contribution in [3.05, 3.63) is 59.7 Å². The molecule has 0 saturated carbocycles. The first-order valence-corrected chi connectivity index (χ1v) is 8.86. The topological polar surface area (TPSA) is 82.4 Å². The van der Waals surface area contributed by atoms with E-state index in [1.54, 1.807) is 36.4 Å². The molecule has 6 heteroatoms. The fourth-order valence-corrected chi connectivity index (χ4v) is 2.60. The maximum absolute atomic E-state index is 12.3. The second-order valence-electron chi connectivity index (χ2n) is 5.91. The molecule has 0 saturated heterocycles. The smallest absolute Gasteiger partial charge is 0.338 e. The number of esters is 1. The Hall–Kier alpha value is -3.33. The number of anilines is 2. The summed E-state index contributed by atoms with van der Waals surface area (Å²) >= 11 is 0. The van der Waals surface area contributed by atoms with E-state index in [-0.39, 0.29) is 0 Å². The van der Waals surface area contributed by atoms with E-state index in [0.29, 0.717) is 16.8 Å². The van der Waals surface area contributed by atoms with Crippen molar-refractivity contribution < 1.29 is 14.3 Å². The molecule has 0 radical (unpaired) electrons. The van der Waals surface area contributed by atoms with Gasteiger partial charge in [0.15, 0.2) is 6.10 Å². The van der Waals surface area contributed by atoms with E-state index in [0.717, 1.165) is 18.8 Å². The van der Waals surface area contributed by atoms with Crippen LogP contribution in [0.15, 0.2) is 48.5 Å². The van der Waals surface area contributed by atoms with Crippen LogP contribution >= 0.6 is 0 Å². The molecule has 2 rings (SSSR count). The highest BCUT2D eigenvalue weighted by Crippen LogP contribution is 2.17. The second kappa shape index (κ2) is 9.39. The Morgan fingerprint density at radius 1 is 1.11 bits per heavy atom. The van der Waals surface area contributed by atoms with Crippen LogP contribution < -0.4 is 10.2 Å². The van der Waals surface area contributed by atoms with Gasteiger partial charge in [-0.05, 0) is 57.2 Å². The lowest BCUT2D eigenvalue weighted by molar-refractivity contribution is -0.123. The summed E-state index contributed by atoms with van der Waals surface area (Å²) in [5, 5.41) is 11.7. The van der Waals surface area contributed by atoms with Crippen molar-refractivity contribution in [1.29, 1.82) is 5.26 Å². The van der Waals surface area contributed by atoms with Gasteiger partial charge in [0.25, 0.3) is 5.91 Å². The predicted molar refractivity (Wildman–Crippen MR) is 105 cm³/mol. The zero-order valence-corrected chi connectivity index (χ0v) is 15.7. The molecule has 2 aromatic rings. The number of nitrogens with zero attached hydrogens (tertiary/aromatic N) is 2. The van der Waals surface area contributed by atoms with Crippen molar-refractivity contribution in [3.8, 4) is 6.07 Å². The Bertz CT molecular complexity index is 836. The lowest BCUT2D eigenvalue weighted by Gasteiger charge is -2.21. The van der Waals surface area contributed by atoms with E-state index in [9.17, 15) is 9.59 Å². The van der Waals surface area contributed by atoms with Gasteiger partial charge < -0.3 is 15.0 Å². The molecule has 0 fully saturated rings. The van der Waals surface area contributed by atoms with E-state index in [1.807, 2.05) is 18.2 Å². The summed E-state index contributed by atoms with van der Waals surface area (Å²) in [4.78, 5) is 26.7. The normalized spacial score (nSPS) is 11.2. The van der Waals surface area contributed by atoms with Crippen LogP contribution in [0.1, 0.15) is 36.7 Å². The van der Waals surface area contributed by atoms with Gasteiger partial charge in [0.05, 0.1) is 16.8 Å². The number of ether oxygens (including phenoxy) is 1. The number of hydrogen-bond acceptors (Lipinski definition) is 5. The first-order chi connectivity index (χ1) is 13.0. The molecule has 0 bridgehead atoms. The van der Waals surface area contributed by atoms with Crippen molar-refractivity contribution >= 4 is 23.3 Å². The quantitative estimate of drug-likeness (QED) is 0.758. The highest BCUT2D eigenvalue weighted by Gasteiger charge is 2.20. The van der Waals surface area contributed by atoms with E-state index >= 15 is 0 Å². The van der Waals surface area contributed by atoms with Gasteiger partial charge in [-0.15, -0.1) is 0 Å². The average Bonchev–Trinajstić information content (AvgIpc) is 2.69. The summed E-state index contributed by atoms with van der Waals surface area (Å²) in [6.07, 6.45) is -0.994. The molecule has 2 aromatic carbocycles. The van der Waals surface area contributed by atoms with Gasteiger partial charge in [0.1, 0.15) is 6.07 Å². The fraction of sp³-hybridized carbons (Fsp3) is 0.286. The molecule has 1 atom stereocenters. The number of amides is 1. The zero-order chi connectivity index (χ0) is 19.8. The monoisotopic (exact) mass is 365 g/mol. The summed E-state index contributed by atoms with van der Waals surface area (Å²) in [6, 6.07) is 15.7. The summed E-state index contributed by atoms with van der Waals surface area (Å²) in [6.45, 7) is 7.38. The highest BCUT2D eigenvalue weighted by molar-refractivity contribution is 5.98. The summed E-state index contributed by atoms with van der Waals surface area (Å²) in [7, 11) is 0. The number of nitriles is 1. The van der Waals surface area contributed by atoms with Crippen LogP contribution in [-0.2, 0) is 9.53 Å². The standard InChI is InChI=1S/C21H23N3O3/c1-4-24(5-2)18-12-10-16(11-13-18)21(26)27-15(3)20(25)23-19-9-7-6-8-17(19)14-22/h6-13,15H,4-5H2,1-3H3,(H,23,25)/t15-/m0/s1. The Morgan fingerprint density at radius 2 is 1.74 bits per heavy atom. The van der Waals surface area contributed by atoms with E-state index < -0.39 is 18.0 Å². The van der Waals surface area contributed by atoms with Crippen molar-refractivity contribution in [2.75, 3.05) is 23.3 Å². The van der Waals surface area contributed by atoms with Gasteiger partial charge in [-0.1, -0.05) is 12.1 Å². The van der Waals surface area contributed by atoms with Gasteiger partial charge in [-0.2, -0.15) is 5.26 Å². The van der Waals surface area contributed by atoms with Crippen LogP contribution in [0.4, 0.5) is 11.4 Å².